The van der Waals surface area contributed by atoms with Crippen LogP contribution < -0.4 is 5.32 Å². The van der Waals surface area contributed by atoms with Crippen LogP contribution in [0.3, 0.4) is 0 Å². The van der Waals surface area contributed by atoms with Crippen LogP contribution in [0.1, 0.15) is 23.2 Å². The van der Waals surface area contributed by atoms with Crippen LogP contribution in [-0.4, -0.2) is 26.4 Å². The average molecular weight is 266 g/mol. The molecule has 5 nitrogen and oxygen atoms in total. The quantitative estimate of drug-likeness (QED) is 0.853. The first-order chi connectivity index (χ1) is 8.47. The van der Waals surface area contributed by atoms with Crippen molar-refractivity contribution in [1.29, 1.82) is 0 Å². The number of aliphatic hydroxyl groups is 1. The van der Waals surface area contributed by atoms with Gasteiger partial charge in [-0.1, -0.05) is 0 Å². The molecule has 0 aliphatic rings. The van der Waals surface area contributed by atoms with Crippen molar-refractivity contribution < 1.29 is 5.11 Å². The molecule has 0 saturated heterocycles. The largest absolute Gasteiger partial charge is 0.384 e. The van der Waals surface area contributed by atoms with Crippen LogP contribution in [0.2, 0.25) is 0 Å². The number of hydrogen-bond donors (Lipinski definition) is 2. The second-order valence-electron chi connectivity index (χ2n) is 4.66. The SMILES string of the molecule is Cc1csc(CNCC(C)(O)c2cnn(C)c2)n1. The Bertz CT molecular complexity index is 518. The molecular weight excluding hydrogens is 248 g/mol. The van der Waals surface area contributed by atoms with E-state index in [0.29, 0.717) is 13.1 Å². The Hall–Kier alpha value is -1.24. The highest BCUT2D eigenvalue weighted by atomic mass is 32.1. The topological polar surface area (TPSA) is 63.0 Å². The highest BCUT2D eigenvalue weighted by Crippen LogP contribution is 2.18. The second-order valence-corrected chi connectivity index (χ2v) is 5.61. The highest BCUT2D eigenvalue weighted by molar-refractivity contribution is 7.09. The Balaban J connectivity index is 1.89. The summed E-state index contributed by atoms with van der Waals surface area (Å²) in [7, 11) is 1.84. The number of aryl methyl sites for hydroxylation is 2. The molecule has 0 aliphatic carbocycles. The zero-order chi connectivity index (χ0) is 13.2. The zero-order valence-corrected chi connectivity index (χ0v) is 11.7. The second kappa shape index (κ2) is 5.17. The molecule has 2 N–H and O–H groups in total. The van der Waals surface area contributed by atoms with E-state index in [9.17, 15) is 5.11 Å². The lowest BCUT2D eigenvalue weighted by molar-refractivity contribution is 0.0566. The molecule has 18 heavy (non-hydrogen) atoms. The molecular formula is C12H18N4OS. The minimum atomic E-state index is -0.916. The molecule has 2 heterocycles. The normalized spacial score (nSPS) is 14.7. The maximum atomic E-state index is 10.3. The van der Waals surface area contributed by atoms with Crippen LogP contribution in [0.25, 0.3) is 0 Å². The van der Waals surface area contributed by atoms with Gasteiger partial charge in [-0.05, 0) is 13.8 Å². The standard InChI is InChI=1S/C12H18N4OS/c1-9-7-18-11(15-9)5-13-8-12(2,17)10-4-14-16(3)6-10/h4,6-7,13,17H,5,8H2,1-3H3. The molecule has 0 radical (unpaired) electrons. The number of nitrogens with zero attached hydrogens (tertiary/aromatic N) is 3. The first kappa shape index (κ1) is 13.2. The van der Waals surface area contributed by atoms with E-state index in [0.717, 1.165) is 16.3 Å². The highest BCUT2D eigenvalue weighted by Gasteiger charge is 2.24. The van der Waals surface area contributed by atoms with Crippen molar-refractivity contribution >= 4 is 11.3 Å². The molecule has 2 rings (SSSR count). The van der Waals surface area contributed by atoms with E-state index in [1.54, 1.807) is 29.1 Å². The monoisotopic (exact) mass is 266 g/mol. The summed E-state index contributed by atoms with van der Waals surface area (Å²) >= 11 is 1.63. The molecule has 2 aromatic heterocycles. The van der Waals surface area contributed by atoms with Crippen LogP contribution >= 0.6 is 11.3 Å². The van der Waals surface area contributed by atoms with E-state index >= 15 is 0 Å². The fourth-order valence-corrected chi connectivity index (χ4v) is 2.44. The Morgan fingerprint density at radius 2 is 2.33 bits per heavy atom. The maximum absolute atomic E-state index is 10.3. The molecule has 98 valence electrons. The lowest BCUT2D eigenvalue weighted by atomic mass is 10.00. The number of rotatable bonds is 5. The van der Waals surface area contributed by atoms with Crippen LogP contribution in [0.4, 0.5) is 0 Å². The summed E-state index contributed by atoms with van der Waals surface area (Å²) in [6.07, 6.45) is 3.52. The van der Waals surface area contributed by atoms with Gasteiger partial charge >= 0.3 is 0 Å². The van der Waals surface area contributed by atoms with E-state index in [4.69, 9.17) is 0 Å². The lowest BCUT2D eigenvalue weighted by Gasteiger charge is -2.22. The zero-order valence-electron chi connectivity index (χ0n) is 10.8. The lowest BCUT2D eigenvalue weighted by Crippen LogP contribution is -2.34. The van der Waals surface area contributed by atoms with Crippen molar-refractivity contribution in [2.75, 3.05) is 6.54 Å². The van der Waals surface area contributed by atoms with Gasteiger partial charge in [0, 0.05) is 43.0 Å². The first-order valence-corrected chi connectivity index (χ1v) is 6.68. The van der Waals surface area contributed by atoms with Gasteiger partial charge in [0.1, 0.15) is 10.6 Å². The molecule has 0 aromatic carbocycles. The van der Waals surface area contributed by atoms with Gasteiger partial charge in [-0.3, -0.25) is 4.68 Å². The van der Waals surface area contributed by atoms with E-state index in [1.807, 2.05) is 25.5 Å². The Morgan fingerprint density at radius 3 is 2.89 bits per heavy atom. The molecule has 0 fully saturated rings. The van der Waals surface area contributed by atoms with Gasteiger partial charge in [-0.25, -0.2) is 4.98 Å². The molecule has 0 saturated carbocycles. The van der Waals surface area contributed by atoms with E-state index in [-0.39, 0.29) is 0 Å². The number of aromatic nitrogens is 3. The third-order valence-corrected chi connectivity index (χ3v) is 3.71. The number of hydrogen-bond acceptors (Lipinski definition) is 5. The third kappa shape index (κ3) is 3.16. The van der Waals surface area contributed by atoms with Gasteiger partial charge in [0.15, 0.2) is 0 Å². The van der Waals surface area contributed by atoms with Crippen molar-refractivity contribution in [2.24, 2.45) is 7.05 Å². The van der Waals surface area contributed by atoms with E-state index in [2.05, 4.69) is 15.4 Å². The summed E-state index contributed by atoms with van der Waals surface area (Å²) in [5.41, 5.74) is 0.934. The Labute approximate surface area is 110 Å². The molecule has 0 bridgehead atoms. The van der Waals surface area contributed by atoms with Crippen LogP contribution in [0, 0.1) is 6.92 Å². The Kier molecular flexibility index (Phi) is 3.79. The molecule has 0 amide bonds. The van der Waals surface area contributed by atoms with Gasteiger partial charge in [-0.15, -0.1) is 11.3 Å². The van der Waals surface area contributed by atoms with E-state index < -0.39 is 5.60 Å². The molecule has 1 unspecified atom stereocenters. The average Bonchev–Trinajstić information content (AvgIpc) is 2.88. The number of thiazole rings is 1. The van der Waals surface area contributed by atoms with Crippen molar-refractivity contribution in [2.45, 2.75) is 26.0 Å². The first-order valence-electron chi connectivity index (χ1n) is 5.80. The predicted octanol–water partition coefficient (Wildman–Crippen LogP) is 1.18. The summed E-state index contributed by atoms with van der Waals surface area (Å²) in [4.78, 5) is 4.37. The fraction of sp³-hybridized carbons (Fsp3) is 0.500. The third-order valence-electron chi connectivity index (χ3n) is 2.74. The van der Waals surface area contributed by atoms with Crippen LogP contribution in [0.15, 0.2) is 17.8 Å². The molecule has 0 aliphatic heterocycles. The van der Waals surface area contributed by atoms with Crippen LogP contribution in [0.5, 0.6) is 0 Å². The van der Waals surface area contributed by atoms with Gasteiger partial charge < -0.3 is 10.4 Å². The number of nitrogens with one attached hydrogen (secondary N) is 1. The van der Waals surface area contributed by atoms with Gasteiger partial charge in [0.2, 0.25) is 0 Å². The predicted molar refractivity (Wildman–Crippen MR) is 71.3 cm³/mol. The molecule has 0 spiro atoms. The molecule has 6 heteroatoms. The van der Waals surface area contributed by atoms with Crippen molar-refractivity contribution in [3.8, 4) is 0 Å². The van der Waals surface area contributed by atoms with E-state index in [1.165, 1.54) is 0 Å². The van der Waals surface area contributed by atoms with Gasteiger partial charge in [0.25, 0.3) is 0 Å². The maximum Gasteiger partial charge on any atom is 0.107 e. The smallest absolute Gasteiger partial charge is 0.107 e. The fourth-order valence-electron chi connectivity index (χ4n) is 1.70. The summed E-state index contributed by atoms with van der Waals surface area (Å²) in [5.74, 6) is 0. The summed E-state index contributed by atoms with van der Waals surface area (Å²) in [6.45, 7) is 4.90. The van der Waals surface area contributed by atoms with Crippen molar-refractivity contribution in [3.63, 3.8) is 0 Å². The van der Waals surface area contributed by atoms with Crippen molar-refractivity contribution in [1.82, 2.24) is 20.1 Å². The minimum absolute atomic E-state index is 0.470. The van der Waals surface area contributed by atoms with Gasteiger partial charge in [0.05, 0.1) is 6.20 Å². The summed E-state index contributed by atoms with van der Waals surface area (Å²) in [6, 6.07) is 0. The van der Waals surface area contributed by atoms with Gasteiger partial charge in [-0.2, -0.15) is 5.10 Å². The molecule has 2 aromatic rings. The van der Waals surface area contributed by atoms with Crippen molar-refractivity contribution in [3.05, 3.63) is 34.0 Å². The summed E-state index contributed by atoms with van der Waals surface area (Å²) < 4.78 is 1.69. The minimum Gasteiger partial charge on any atom is -0.384 e. The molecule has 1 atom stereocenters. The Morgan fingerprint density at radius 1 is 1.56 bits per heavy atom. The van der Waals surface area contributed by atoms with Crippen LogP contribution in [-0.2, 0) is 19.2 Å². The summed E-state index contributed by atoms with van der Waals surface area (Å²) in [5, 5.41) is 20.7.